The largest absolute Gasteiger partial charge is 0.411 e. The molecule has 1 fully saturated rings. The van der Waals surface area contributed by atoms with Crippen LogP contribution in [0, 0.1) is 0 Å². The van der Waals surface area contributed by atoms with Gasteiger partial charge in [-0.05, 0) is 0 Å². The average Bonchev–Trinajstić information content (AvgIpc) is 2.15. The molecule has 6 heteroatoms. The van der Waals surface area contributed by atoms with Crippen LogP contribution in [-0.4, -0.2) is 36.9 Å². The average molecular weight is 277 g/mol. The third-order valence-corrected chi connectivity index (χ3v) is 3.21. The predicted octanol–water partition coefficient (Wildman–Crippen LogP) is 2.51. The van der Waals surface area contributed by atoms with Crippen molar-refractivity contribution in [3.63, 3.8) is 0 Å². The van der Waals surface area contributed by atoms with E-state index in [1.807, 2.05) is 0 Å². The van der Waals surface area contributed by atoms with E-state index in [1.165, 1.54) is 0 Å². The number of hydrogen-bond donors (Lipinski definition) is 0. The van der Waals surface area contributed by atoms with E-state index >= 15 is 0 Å². The van der Waals surface area contributed by atoms with Gasteiger partial charge in [-0.2, -0.15) is 13.2 Å². The zero-order valence-electron chi connectivity index (χ0n) is 7.57. The van der Waals surface area contributed by atoms with Crippen LogP contribution in [0.25, 0.3) is 0 Å². The molecule has 0 bridgehead atoms. The zero-order valence-corrected chi connectivity index (χ0v) is 9.16. The van der Waals surface area contributed by atoms with Crippen molar-refractivity contribution in [3.8, 4) is 0 Å². The first kappa shape index (κ1) is 12.3. The van der Waals surface area contributed by atoms with E-state index in [0.717, 1.165) is 0 Å². The third-order valence-electron chi connectivity index (χ3n) is 2.19. The Morgan fingerprint density at radius 2 is 1.86 bits per heavy atom. The van der Waals surface area contributed by atoms with Gasteiger partial charge in [0.2, 0.25) is 0 Å². The van der Waals surface area contributed by atoms with E-state index in [-0.39, 0.29) is 0 Å². The van der Waals surface area contributed by atoms with Crippen LogP contribution >= 0.6 is 15.9 Å². The summed E-state index contributed by atoms with van der Waals surface area (Å²) in [7, 11) is 0. The van der Waals surface area contributed by atoms with Gasteiger partial charge in [-0.1, -0.05) is 15.9 Å². The molecule has 1 aliphatic heterocycles. The molecule has 0 radical (unpaired) electrons. The summed E-state index contributed by atoms with van der Waals surface area (Å²) < 4.78 is 45.8. The zero-order chi connectivity index (χ0) is 10.7. The lowest BCUT2D eigenvalue weighted by Gasteiger charge is -2.35. The van der Waals surface area contributed by atoms with Crippen LogP contribution in [-0.2, 0) is 9.47 Å². The Kier molecular flexibility index (Phi) is 4.21. The molecular weight excluding hydrogens is 265 g/mol. The molecule has 1 aliphatic rings. The van der Waals surface area contributed by atoms with Gasteiger partial charge in [0, 0.05) is 31.4 Å². The fourth-order valence-electron chi connectivity index (χ4n) is 1.29. The van der Waals surface area contributed by atoms with Crippen molar-refractivity contribution < 1.29 is 22.6 Å². The van der Waals surface area contributed by atoms with Crippen LogP contribution in [0.15, 0.2) is 0 Å². The lowest BCUT2D eigenvalue weighted by Crippen LogP contribution is -2.43. The highest BCUT2D eigenvalue weighted by atomic mass is 79.9. The minimum atomic E-state index is -4.26. The molecule has 1 saturated heterocycles. The van der Waals surface area contributed by atoms with Gasteiger partial charge >= 0.3 is 6.18 Å². The van der Waals surface area contributed by atoms with E-state index < -0.39 is 18.4 Å². The summed E-state index contributed by atoms with van der Waals surface area (Å²) in [5.74, 6) is 0. The van der Waals surface area contributed by atoms with Crippen molar-refractivity contribution >= 4 is 15.9 Å². The Morgan fingerprint density at radius 3 is 2.29 bits per heavy atom. The molecule has 0 spiro atoms. The fraction of sp³-hybridized carbons (Fsp3) is 1.00. The van der Waals surface area contributed by atoms with Crippen LogP contribution in [0.5, 0.6) is 0 Å². The van der Waals surface area contributed by atoms with Crippen molar-refractivity contribution in [3.05, 3.63) is 0 Å². The molecule has 14 heavy (non-hydrogen) atoms. The fourth-order valence-corrected chi connectivity index (χ4v) is 2.02. The highest BCUT2D eigenvalue weighted by Gasteiger charge is 2.37. The number of rotatable bonds is 3. The SMILES string of the molecule is FC(F)(F)COC1(CBr)CCOCC1. The second kappa shape index (κ2) is 4.81. The first-order chi connectivity index (χ1) is 6.47. The highest BCUT2D eigenvalue weighted by molar-refractivity contribution is 9.09. The molecule has 0 aromatic carbocycles. The van der Waals surface area contributed by atoms with Crippen molar-refractivity contribution in [1.82, 2.24) is 0 Å². The molecule has 0 aromatic heterocycles. The predicted molar refractivity (Wildman–Crippen MR) is 48.6 cm³/mol. The Labute approximate surface area is 88.9 Å². The highest BCUT2D eigenvalue weighted by Crippen LogP contribution is 2.29. The van der Waals surface area contributed by atoms with Crippen molar-refractivity contribution in [1.29, 1.82) is 0 Å². The molecule has 0 aliphatic carbocycles. The van der Waals surface area contributed by atoms with Gasteiger partial charge in [-0.15, -0.1) is 0 Å². The van der Waals surface area contributed by atoms with Crippen molar-refractivity contribution in [2.75, 3.05) is 25.2 Å². The number of ether oxygens (including phenoxy) is 2. The maximum Gasteiger partial charge on any atom is 0.411 e. The van der Waals surface area contributed by atoms with E-state index in [1.54, 1.807) is 0 Å². The summed E-state index contributed by atoms with van der Waals surface area (Å²) in [4.78, 5) is 0. The van der Waals surface area contributed by atoms with Crippen LogP contribution in [0.2, 0.25) is 0 Å². The van der Waals surface area contributed by atoms with Gasteiger partial charge in [-0.3, -0.25) is 0 Å². The Morgan fingerprint density at radius 1 is 1.29 bits per heavy atom. The summed E-state index contributed by atoms with van der Waals surface area (Å²) in [5.41, 5.74) is -0.701. The second-order valence-corrected chi connectivity index (χ2v) is 3.89. The van der Waals surface area contributed by atoms with Gasteiger partial charge in [0.05, 0.1) is 5.60 Å². The van der Waals surface area contributed by atoms with E-state index in [0.29, 0.717) is 31.4 Å². The topological polar surface area (TPSA) is 18.5 Å². The normalized spacial score (nSPS) is 22.3. The Bertz CT molecular complexity index is 178. The molecule has 0 saturated carbocycles. The molecule has 0 atom stereocenters. The van der Waals surface area contributed by atoms with Gasteiger partial charge in [0.15, 0.2) is 0 Å². The summed E-state index contributed by atoms with van der Waals surface area (Å²) in [6.07, 6.45) is -3.24. The van der Waals surface area contributed by atoms with Crippen molar-refractivity contribution in [2.45, 2.75) is 24.6 Å². The van der Waals surface area contributed by atoms with E-state index in [4.69, 9.17) is 9.47 Å². The molecule has 2 nitrogen and oxygen atoms in total. The third kappa shape index (κ3) is 3.74. The maximum atomic E-state index is 11.9. The van der Waals surface area contributed by atoms with Gasteiger partial charge in [-0.25, -0.2) is 0 Å². The standard InChI is InChI=1S/C8H12BrF3O2/c9-5-7(1-3-13-4-2-7)14-6-8(10,11)12/h1-6H2. The first-order valence-corrected chi connectivity index (χ1v) is 5.44. The minimum Gasteiger partial charge on any atom is -0.381 e. The van der Waals surface area contributed by atoms with Gasteiger partial charge in [0.25, 0.3) is 0 Å². The minimum absolute atomic E-state index is 0.416. The van der Waals surface area contributed by atoms with Gasteiger partial charge in [0.1, 0.15) is 6.61 Å². The molecule has 1 rings (SSSR count). The monoisotopic (exact) mass is 276 g/mol. The van der Waals surface area contributed by atoms with E-state index in [9.17, 15) is 13.2 Å². The number of halogens is 4. The first-order valence-electron chi connectivity index (χ1n) is 4.32. The van der Waals surface area contributed by atoms with Crippen LogP contribution in [0.1, 0.15) is 12.8 Å². The summed E-state index contributed by atoms with van der Waals surface area (Å²) in [6.45, 7) is -0.258. The quantitative estimate of drug-likeness (QED) is 0.738. The summed E-state index contributed by atoms with van der Waals surface area (Å²) in [5, 5.41) is 0.416. The Balaban J connectivity index is 2.44. The van der Waals surface area contributed by atoms with Crippen LogP contribution in [0.3, 0.4) is 0 Å². The summed E-state index contributed by atoms with van der Waals surface area (Å²) in [6, 6.07) is 0. The number of hydrogen-bond acceptors (Lipinski definition) is 2. The smallest absolute Gasteiger partial charge is 0.381 e. The van der Waals surface area contributed by atoms with Crippen LogP contribution < -0.4 is 0 Å². The molecule has 0 aromatic rings. The lowest BCUT2D eigenvalue weighted by molar-refractivity contribution is -0.212. The Hall–Kier alpha value is 0.190. The molecule has 84 valence electrons. The maximum absolute atomic E-state index is 11.9. The summed E-state index contributed by atoms with van der Waals surface area (Å²) >= 11 is 3.19. The van der Waals surface area contributed by atoms with E-state index in [2.05, 4.69) is 15.9 Å². The molecular formula is C8H12BrF3O2. The lowest BCUT2D eigenvalue weighted by atomic mass is 9.97. The molecule has 1 heterocycles. The molecule has 0 N–H and O–H groups in total. The number of alkyl halides is 4. The van der Waals surface area contributed by atoms with Crippen molar-refractivity contribution in [2.24, 2.45) is 0 Å². The van der Waals surface area contributed by atoms with Gasteiger partial charge < -0.3 is 9.47 Å². The van der Waals surface area contributed by atoms with Crippen LogP contribution in [0.4, 0.5) is 13.2 Å². The second-order valence-electron chi connectivity index (χ2n) is 3.33. The molecule has 0 unspecified atom stereocenters. The molecule has 0 amide bonds.